The van der Waals surface area contributed by atoms with Gasteiger partial charge in [-0.25, -0.2) is 0 Å². The molecule has 0 aliphatic rings. The molecule has 0 aliphatic heterocycles. The normalized spacial score (nSPS) is 11.5. The molecule has 6 heteroatoms. The van der Waals surface area contributed by atoms with E-state index in [9.17, 15) is 10.4 Å². The number of hydrogen-bond acceptors (Lipinski definition) is 4. The van der Waals surface area contributed by atoms with Crippen LogP contribution in [0.2, 0.25) is 0 Å². The van der Waals surface area contributed by atoms with Crippen molar-refractivity contribution in [3.8, 4) is 0 Å². The summed E-state index contributed by atoms with van der Waals surface area (Å²) < 4.78 is 0. The molecule has 0 aromatic rings. The molecule has 0 rings (SSSR count). The zero-order valence-electron chi connectivity index (χ0n) is 8.13. The number of hydrogen-bond donors (Lipinski definition) is 0. The Morgan fingerprint density at radius 1 is 0.917 bits per heavy atom. The van der Waals surface area contributed by atoms with Crippen LogP contribution in [0.3, 0.4) is 0 Å². The summed E-state index contributed by atoms with van der Waals surface area (Å²) in [6.45, 7) is 3.52. The van der Waals surface area contributed by atoms with Crippen LogP contribution < -0.4 is 59.1 Å². The predicted octanol–water partition coefficient (Wildman–Crippen LogP) is -4.31. The minimum Gasteiger partial charge on any atom is -0.792 e. The first-order chi connectivity index (χ1) is 4.79. The molecule has 0 aromatic heterocycles. The third-order valence-corrected chi connectivity index (χ3v) is 1.22. The Morgan fingerprint density at radius 3 is 1.25 bits per heavy atom. The van der Waals surface area contributed by atoms with E-state index in [4.69, 9.17) is 0 Å². The molecule has 0 fully saturated rings. The van der Waals surface area contributed by atoms with Gasteiger partial charge in [-0.1, -0.05) is 13.8 Å². The molecule has 0 atom stereocenters. The summed E-state index contributed by atoms with van der Waals surface area (Å²) in [6, 6.07) is 0. The second kappa shape index (κ2) is 11.9. The van der Waals surface area contributed by atoms with Crippen LogP contribution in [-0.2, 0) is 0 Å². The average molecular weight is 188 g/mol. The first-order valence-corrected chi connectivity index (χ1v) is 3.18. The van der Waals surface area contributed by atoms with E-state index in [1.807, 2.05) is 0 Å². The first-order valence-electron chi connectivity index (χ1n) is 3.18. The number of rotatable bonds is 3. The van der Waals surface area contributed by atoms with Crippen molar-refractivity contribution >= 4 is 11.4 Å². The van der Waals surface area contributed by atoms with Gasteiger partial charge >= 0.3 is 59.1 Å². The largest absolute Gasteiger partial charge is 1.00 e. The summed E-state index contributed by atoms with van der Waals surface area (Å²) in [6.07, 6.45) is 0.941. The Bertz CT molecular complexity index is 142. The van der Waals surface area contributed by atoms with Crippen molar-refractivity contribution in [1.29, 1.82) is 0 Å². The van der Waals surface area contributed by atoms with Crippen molar-refractivity contribution in [3.63, 3.8) is 0 Å². The van der Waals surface area contributed by atoms with E-state index in [1.54, 1.807) is 13.8 Å². The Labute approximate surface area is 117 Å². The van der Waals surface area contributed by atoms with Crippen molar-refractivity contribution in [2.24, 2.45) is 10.3 Å². The fourth-order valence-corrected chi connectivity index (χ4v) is 0.643. The number of nitrogens with zero attached hydrogens (tertiary/aromatic N) is 2. The Balaban J connectivity index is -0.000000405. The van der Waals surface area contributed by atoms with Crippen LogP contribution >= 0.6 is 0 Å². The Hall–Kier alpha value is 0.940. The summed E-state index contributed by atoms with van der Waals surface area (Å²) in [5.74, 6) is 0. The zero-order chi connectivity index (χ0) is 7.98. The average Bonchev–Trinajstić information content (AvgIpc) is 2.00. The molecule has 0 radical (unpaired) electrons. The monoisotopic (exact) mass is 188 g/mol. The minimum atomic E-state index is 0. The summed E-state index contributed by atoms with van der Waals surface area (Å²) in [5, 5.41) is 25.3. The van der Waals surface area contributed by atoms with Crippen LogP contribution in [0.5, 0.6) is 0 Å². The van der Waals surface area contributed by atoms with Crippen molar-refractivity contribution in [1.82, 2.24) is 0 Å². The molecule has 0 N–H and O–H groups in total. The van der Waals surface area contributed by atoms with Gasteiger partial charge in [0.2, 0.25) is 0 Å². The Kier molecular flexibility index (Phi) is 18.6. The third kappa shape index (κ3) is 6.46. The summed E-state index contributed by atoms with van der Waals surface area (Å²) >= 11 is 0. The zero-order valence-corrected chi connectivity index (χ0v) is 12.1. The van der Waals surface area contributed by atoms with Crippen LogP contribution in [0.25, 0.3) is 0 Å². The molecule has 12 heavy (non-hydrogen) atoms. The maximum Gasteiger partial charge on any atom is 1.00 e. The van der Waals surface area contributed by atoms with Gasteiger partial charge in [-0.05, 0) is 12.8 Å². The van der Waals surface area contributed by atoms with Gasteiger partial charge in [0, 0.05) is 11.4 Å². The summed E-state index contributed by atoms with van der Waals surface area (Å²) in [7, 11) is 0. The molecule has 0 heterocycles. The van der Waals surface area contributed by atoms with E-state index in [-0.39, 0.29) is 70.5 Å². The van der Waals surface area contributed by atoms with E-state index in [2.05, 4.69) is 10.3 Å². The molecule has 0 bridgehead atoms. The van der Waals surface area contributed by atoms with Crippen molar-refractivity contribution < 1.29 is 59.1 Å². The third-order valence-electron chi connectivity index (χ3n) is 1.22. The van der Waals surface area contributed by atoms with Gasteiger partial charge in [-0.15, -0.1) is 0 Å². The molecule has 0 unspecified atom stereocenters. The quantitative estimate of drug-likeness (QED) is 0.255. The Morgan fingerprint density at radius 2 is 1.17 bits per heavy atom. The fourth-order valence-electron chi connectivity index (χ4n) is 0.643. The molecule has 0 saturated carbocycles. The molecule has 0 aromatic carbocycles. The van der Waals surface area contributed by atoms with Crippen molar-refractivity contribution in [3.05, 3.63) is 10.4 Å². The van der Waals surface area contributed by atoms with Gasteiger partial charge in [0.15, 0.2) is 0 Å². The standard InChI is InChI=1S/C6H12N2O2.2Na/c1-3-5(7-9)6(4-2)8-10;;/h9-10H,3-4H2,1-2H3;;/q;2*+1/p-2. The van der Waals surface area contributed by atoms with E-state index in [1.165, 1.54) is 0 Å². The smallest absolute Gasteiger partial charge is 0.792 e. The predicted molar refractivity (Wildman–Crippen MR) is 42.2 cm³/mol. The second-order valence-electron chi connectivity index (χ2n) is 1.78. The summed E-state index contributed by atoms with van der Waals surface area (Å²) in [5.41, 5.74) is 0.523. The first kappa shape index (κ1) is 18.7. The van der Waals surface area contributed by atoms with Crippen LogP contribution in [-0.4, -0.2) is 11.4 Å². The van der Waals surface area contributed by atoms with Crippen molar-refractivity contribution in [2.75, 3.05) is 0 Å². The van der Waals surface area contributed by atoms with Crippen LogP contribution in [0.15, 0.2) is 10.3 Å². The SMILES string of the molecule is CCC(=N[O-])C(CC)=N[O-].[Na+].[Na+]. The molecule has 4 nitrogen and oxygen atoms in total. The van der Waals surface area contributed by atoms with Crippen LogP contribution in [0.1, 0.15) is 26.7 Å². The van der Waals surface area contributed by atoms with Gasteiger partial charge in [0.05, 0.1) is 0 Å². The van der Waals surface area contributed by atoms with Gasteiger partial charge < -0.3 is 20.7 Å². The van der Waals surface area contributed by atoms with E-state index < -0.39 is 0 Å². The van der Waals surface area contributed by atoms with Gasteiger partial charge in [-0.2, -0.15) is 0 Å². The van der Waals surface area contributed by atoms with Crippen LogP contribution in [0.4, 0.5) is 0 Å². The minimum absolute atomic E-state index is 0. The fraction of sp³-hybridized carbons (Fsp3) is 0.667. The topological polar surface area (TPSA) is 70.8 Å². The second-order valence-corrected chi connectivity index (χ2v) is 1.78. The van der Waals surface area contributed by atoms with Gasteiger partial charge in [-0.3, -0.25) is 0 Å². The maximum atomic E-state index is 9.99. The molecule has 0 spiro atoms. The maximum absolute atomic E-state index is 9.99. The van der Waals surface area contributed by atoms with E-state index in [0.717, 1.165) is 0 Å². The van der Waals surface area contributed by atoms with Crippen molar-refractivity contribution in [2.45, 2.75) is 26.7 Å². The van der Waals surface area contributed by atoms with Gasteiger partial charge in [0.1, 0.15) is 0 Å². The molecule has 58 valence electrons. The van der Waals surface area contributed by atoms with E-state index >= 15 is 0 Å². The van der Waals surface area contributed by atoms with E-state index in [0.29, 0.717) is 12.8 Å². The molecule has 0 amide bonds. The molecular formula is C6H10N2Na2O2. The van der Waals surface area contributed by atoms with Gasteiger partial charge in [0.25, 0.3) is 0 Å². The summed E-state index contributed by atoms with van der Waals surface area (Å²) in [4.78, 5) is 0. The molecular weight excluding hydrogens is 178 g/mol. The molecule has 0 saturated heterocycles. The molecule has 0 aliphatic carbocycles. The van der Waals surface area contributed by atoms with Crippen LogP contribution in [0, 0.1) is 10.4 Å².